The van der Waals surface area contributed by atoms with Crippen LogP contribution >= 0.6 is 0 Å². The number of rotatable bonds is 4. The van der Waals surface area contributed by atoms with Crippen molar-refractivity contribution < 1.29 is 4.42 Å². The fraction of sp³-hybridized carbons (Fsp3) is 0.0172. The van der Waals surface area contributed by atoms with E-state index in [1.807, 2.05) is 30.3 Å². The standard InChI is InChI=1S/C58H34N4O/c1-3-16-35(17-4-1)38-24-15-29-52-54(38)43-31-30-37(32-53(43)63-52)56-59-55(36-18-5-2-6-19-36)60-57(61-56)62-50-28-14-10-23-42(50)45-33-44-41-22-9-13-27-48(41)58(49(44)34-51(45)62)46-25-11-7-20-39(46)40-21-8-12-26-47(40)58/h1-34H. The second kappa shape index (κ2) is 12.8. The molecule has 3 aromatic heterocycles. The van der Waals surface area contributed by atoms with E-state index >= 15 is 0 Å². The van der Waals surface area contributed by atoms with Crippen LogP contribution in [0.5, 0.6) is 0 Å². The van der Waals surface area contributed by atoms with Gasteiger partial charge in [-0.1, -0.05) is 170 Å². The van der Waals surface area contributed by atoms with E-state index in [2.05, 4.69) is 180 Å². The minimum atomic E-state index is -0.490. The molecule has 0 saturated carbocycles. The van der Waals surface area contributed by atoms with E-state index in [1.54, 1.807) is 0 Å². The van der Waals surface area contributed by atoms with Crippen LogP contribution in [0.1, 0.15) is 22.3 Å². The van der Waals surface area contributed by atoms with Crippen LogP contribution in [0.2, 0.25) is 0 Å². The minimum absolute atomic E-state index is 0.490. The number of benzene rings is 9. The van der Waals surface area contributed by atoms with Gasteiger partial charge in [-0.05, 0) is 92.0 Å². The Labute approximate surface area is 362 Å². The lowest BCUT2D eigenvalue weighted by Crippen LogP contribution is -2.25. The highest BCUT2D eigenvalue weighted by Gasteiger charge is 2.51. The third kappa shape index (κ3) is 4.68. The minimum Gasteiger partial charge on any atom is -0.456 e. The number of fused-ring (bicyclic) bond motifs is 16. The van der Waals surface area contributed by atoms with Crippen molar-refractivity contribution in [2.75, 3.05) is 0 Å². The van der Waals surface area contributed by atoms with Crippen LogP contribution < -0.4 is 0 Å². The zero-order valence-corrected chi connectivity index (χ0v) is 33.8. The zero-order chi connectivity index (χ0) is 41.2. The Morgan fingerprint density at radius 3 is 1.65 bits per heavy atom. The topological polar surface area (TPSA) is 56.7 Å². The van der Waals surface area contributed by atoms with Gasteiger partial charge in [0.25, 0.3) is 0 Å². The molecule has 0 N–H and O–H groups in total. The Morgan fingerprint density at radius 1 is 0.349 bits per heavy atom. The lowest BCUT2D eigenvalue weighted by atomic mass is 9.70. The Hall–Kier alpha value is -8.41. The number of hydrogen-bond donors (Lipinski definition) is 0. The van der Waals surface area contributed by atoms with E-state index in [9.17, 15) is 0 Å². The first-order valence-electron chi connectivity index (χ1n) is 21.4. The Morgan fingerprint density at radius 2 is 0.937 bits per heavy atom. The lowest BCUT2D eigenvalue weighted by molar-refractivity contribution is 0.669. The molecule has 1 spiro atoms. The monoisotopic (exact) mass is 802 g/mol. The van der Waals surface area contributed by atoms with Crippen molar-refractivity contribution in [3.63, 3.8) is 0 Å². The number of nitrogens with zero attached hydrogens (tertiary/aromatic N) is 4. The summed E-state index contributed by atoms with van der Waals surface area (Å²) in [7, 11) is 0. The molecular weight excluding hydrogens is 769 g/mol. The largest absolute Gasteiger partial charge is 0.456 e. The van der Waals surface area contributed by atoms with Gasteiger partial charge in [-0.3, -0.25) is 4.57 Å². The van der Waals surface area contributed by atoms with Crippen LogP contribution in [0.3, 0.4) is 0 Å². The SMILES string of the molecule is c1ccc(-c2nc(-c3ccc4c(c3)oc3cccc(-c5ccccc5)c34)nc(-n3c4ccccc4c4cc5c(cc43)C3(c4ccccc4-c4ccccc43)c3ccccc3-5)n2)cc1. The van der Waals surface area contributed by atoms with Crippen molar-refractivity contribution in [1.29, 1.82) is 0 Å². The summed E-state index contributed by atoms with van der Waals surface area (Å²) in [4.78, 5) is 15.9. The number of hydrogen-bond acceptors (Lipinski definition) is 4. The fourth-order valence-corrected chi connectivity index (χ4v) is 10.9. The van der Waals surface area contributed by atoms with Gasteiger partial charge in [0.05, 0.1) is 16.4 Å². The first-order valence-corrected chi connectivity index (χ1v) is 21.4. The summed E-state index contributed by atoms with van der Waals surface area (Å²) in [5, 5.41) is 4.43. The summed E-state index contributed by atoms with van der Waals surface area (Å²) in [5.74, 6) is 1.72. The molecule has 0 amide bonds. The highest BCUT2D eigenvalue weighted by molar-refractivity contribution is 6.14. The molecule has 0 bridgehead atoms. The number of para-hydroxylation sites is 1. The van der Waals surface area contributed by atoms with Crippen molar-refractivity contribution in [2.24, 2.45) is 0 Å². The second-order valence-electron chi connectivity index (χ2n) is 16.7. The van der Waals surface area contributed by atoms with Gasteiger partial charge in [-0.15, -0.1) is 0 Å². The summed E-state index contributed by atoms with van der Waals surface area (Å²) in [6.45, 7) is 0. The van der Waals surface area contributed by atoms with Crippen LogP contribution in [-0.2, 0) is 5.41 Å². The van der Waals surface area contributed by atoms with Crippen LogP contribution in [0, 0.1) is 0 Å². The van der Waals surface area contributed by atoms with Crippen molar-refractivity contribution >= 4 is 43.7 Å². The molecule has 63 heavy (non-hydrogen) atoms. The molecule has 5 heteroatoms. The Bertz CT molecular complexity index is 3820. The van der Waals surface area contributed by atoms with E-state index < -0.39 is 5.41 Å². The highest BCUT2D eigenvalue weighted by atomic mass is 16.3. The van der Waals surface area contributed by atoms with Crippen molar-refractivity contribution in [3.8, 4) is 62.1 Å². The van der Waals surface area contributed by atoms with E-state index in [-0.39, 0.29) is 0 Å². The van der Waals surface area contributed by atoms with Gasteiger partial charge in [-0.25, -0.2) is 4.98 Å². The van der Waals surface area contributed by atoms with E-state index in [0.717, 1.165) is 66.0 Å². The molecule has 0 saturated heterocycles. The summed E-state index contributed by atoms with van der Waals surface area (Å²) in [5.41, 5.74) is 17.5. The van der Waals surface area contributed by atoms with Crippen molar-refractivity contribution in [3.05, 3.63) is 229 Å². The molecule has 12 aromatic rings. The first kappa shape index (κ1) is 34.3. The maximum absolute atomic E-state index is 6.60. The smallest absolute Gasteiger partial charge is 0.238 e. The van der Waals surface area contributed by atoms with E-state index in [1.165, 1.54) is 44.5 Å². The molecule has 0 atom stereocenters. The van der Waals surface area contributed by atoms with Crippen LogP contribution in [0.25, 0.3) is 106 Å². The predicted molar refractivity (Wildman–Crippen MR) is 254 cm³/mol. The third-order valence-corrected chi connectivity index (χ3v) is 13.5. The van der Waals surface area contributed by atoms with Gasteiger partial charge in [0, 0.05) is 32.7 Å². The molecule has 0 unspecified atom stereocenters. The molecule has 14 rings (SSSR count). The molecule has 0 radical (unpaired) electrons. The Balaban J connectivity index is 1.03. The fourth-order valence-electron chi connectivity index (χ4n) is 10.9. The molecule has 2 aliphatic rings. The number of furan rings is 1. The molecule has 0 fully saturated rings. The van der Waals surface area contributed by atoms with Crippen LogP contribution in [-0.4, -0.2) is 19.5 Å². The maximum Gasteiger partial charge on any atom is 0.238 e. The third-order valence-electron chi connectivity index (χ3n) is 13.5. The normalized spacial score (nSPS) is 13.2. The molecule has 3 heterocycles. The van der Waals surface area contributed by atoms with Gasteiger partial charge in [0.2, 0.25) is 5.95 Å². The second-order valence-corrected chi connectivity index (χ2v) is 16.7. The summed E-state index contributed by atoms with van der Waals surface area (Å²) in [6, 6.07) is 73.6. The summed E-state index contributed by atoms with van der Waals surface area (Å²) < 4.78 is 8.85. The van der Waals surface area contributed by atoms with Crippen molar-refractivity contribution in [1.82, 2.24) is 19.5 Å². The zero-order valence-electron chi connectivity index (χ0n) is 33.8. The molecule has 9 aromatic carbocycles. The van der Waals surface area contributed by atoms with Crippen LogP contribution in [0.4, 0.5) is 0 Å². The molecule has 5 nitrogen and oxygen atoms in total. The van der Waals surface area contributed by atoms with Gasteiger partial charge in [0.1, 0.15) is 11.2 Å². The molecule has 292 valence electrons. The van der Waals surface area contributed by atoms with Crippen LogP contribution in [0.15, 0.2) is 211 Å². The maximum atomic E-state index is 6.60. The van der Waals surface area contributed by atoms with Crippen molar-refractivity contribution in [2.45, 2.75) is 5.41 Å². The highest BCUT2D eigenvalue weighted by Crippen LogP contribution is 2.63. The van der Waals surface area contributed by atoms with Gasteiger partial charge < -0.3 is 4.42 Å². The van der Waals surface area contributed by atoms with Gasteiger partial charge in [-0.2, -0.15) is 9.97 Å². The predicted octanol–water partition coefficient (Wildman–Crippen LogP) is 14.2. The molecular formula is C58H34N4O. The first-order chi connectivity index (χ1) is 31.2. The number of aromatic nitrogens is 4. The van der Waals surface area contributed by atoms with Gasteiger partial charge >= 0.3 is 0 Å². The molecule has 2 aliphatic carbocycles. The summed E-state index contributed by atoms with van der Waals surface area (Å²) >= 11 is 0. The Kier molecular flexibility index (Phi) is 6.97. The average molecular weight is 803 g/mol. The lowest BCUT2D eigenvalue weighted by Gasteiger charge is -2.30. The van der Waals surface area contributed by atoms with E-state index in [0.29, 0.717) is 17.6 Å². The summed E-state index contributed by atoms with van der Waals surface area (Å²) in [6.07, 6.45) is 0. The van der Waals surface area contributed by atoms with Gasteiger partial charge in [0.15, 0.2) is 11.6 Å². The quantitative estimate of drug-likeness (QED) is 0.178. The average Bonchev–Trinajstić information content (AvgIpc) is 4.07. The molecule has 0 aliphatic heterocycles. The van der Waals surface area contributed by atoms with E-state index in [4.69, 9.17) is 19.4 Å².